The Kier molecular flexibility index (Phi) is 6.90. The summed E-state index contributed by atoms with van der Waals surface area (Å²) in [6, 6.07) is 25.8. The molecule has 6 rings (SSSR count). The van der Waals surface area contributed by atoms with Crippen LogP contribution in [0.1, 0.15) is 91.5 Å². The van der Waals surface area contributed by atoms with Crippen LogP contribution in [0.3, 0.4) is 0 Å². The van der Waals surface area contributed by atoms with Crippen molar-refractivity contribution in [3.05, 3.63) is 101 Å². The molecule has 0 aliphatic heterocycles. The molecular formula is C35H40. The normalized spacial score (nSPS) is 22.3. The summed E-state index contributed by atoms with van der Waals surface area (Å²) >= 11 is 0. The van der Waals surface area contributed by atoms with Gasteiger partial charge in [-0.3, -0.25) is 0 Å². The van der Waals surface area contributed by atoms with Crippen LogP contribution in [0.5, 0.6) is 0 Å². The van der Waals surface area contributed by atoms with Gasteiger partial charge in [-0.1, -0.05) is 98.1 Å². The number of allylic oxidation sites excluding steroid dienone is 1. The van der Waals surface area contributed by atoms with E-state index in [0.29, 0.717) is 0 Å². The highest BCUT2D eigenvalue weighted by atomic mass is 14.3. The van der Waals surface area contributed by atoms with E-state index < -0.39 is 0 Å². The molecule has 3 aromatic rings. The quantitative estimate of drug-likeness (QED) is 0.343. The highest BCUT2D eigenvalue weighted by Gasteiger charge is 2.23. The monoisotopic (exact) mass is 460 g/mol. The van der Waals surface area contributed by atoms with E-state index >= 15 is 0 Å². The molecule has 0 radical (unpaired) electrons. The fourth-order valence-corrected chi connectivity index (χ4v) is 7.13. The summed E-state index contributed by atoms with van der Waals surface area (Å²) in [5.41, 5.74) is 10.6. The van der Waals surface area contributed by atoms with Gasteiger partial charge in [0.25, 0.3) is 0 Å². The van der Waals surface area contributed by atoms with Crippen LogP contribution in [0, 0.1) is 11.8 Å². The standard InChI is InChI=1S/C35H40/c1-3-9-26(10-4-1)21-27-17-19-28(20-18-27)22-29-23-32(30-11-5-2-6-12-30)25-33(24-29)35-16-8-14-31-13-7-15-34(31)35/h1,3-4,7-10,14-16,23-25,27-28,30H,2,5-6,11-13,17-22H2. The maximum absolute atomic E-state index is 2.61. The zero-order valence-corrected chi connectivity index (χ0v) is 21.2. The average Bonchev–Trinajstić information content (AvgIpc) is 3.40. The number of rotatable bonds is 6. The molecule has 0 heterocycles. The van der Waals surface area contributed by atoms with Crippen LogP contribution < -0.4 is 0 Å². The SMILES string of the molecule is C1=Cc2c(cccc2-c2cc(CC3CCC(Cc4ccccc4)CC3)cc(C3CCCCC3)c2)C1. The second-order valence-corrected chi connectivity index (χ2v) is 11.6. The Hall–Kier alpha value is -2.60. The molecule has 0 heteroatoms. The summed E-state index contributed by atoms with van der Waals surface area (Å²) in [4.78, 5) is 0. The van der Waals surface area contributed by atoms with E-state index in [2.05, 4.69) is 78.9 Å². The highest BCUT2D eigenvalue weighted by molar-refractivity contribution is 5.80. The van der Waals surface area contributed by atoms with Crippen LogP contribution in [0.2, 0.25) is 0 Å². The predicted molar refractivity (Wildman–Crippen MR) is 150 cm³/mol. The number of fused-ring (bicyclic) bond motifs is 1. The Morgan fingerprint density at radius 3 is 2.14 bits per heavy atom. The van der Waals surface area contributed by atoms with Crippen LogP contribution in [-0.2, 0) is 19.3 Å². The van der Waals surface area contributed by atoms with Gasteiger partial charge in [-0.25, -0.2) is 0 Å². The van der Waals surface area contributed by atoms with Crippen molar-refractivity contribution in [3.63, 3.8) is 0 Å². The second-order valence-electron chi connectivity index (χ2n) is 11.6. The van der Waals surface area contributed by atoms with Crippen molar-refractivity contribution in [3.8, 4) is 11.1 Å². The minimum absolute atomic E-state index is 0.761. The van der Waals surface area contributed by atoms with Crippen molar-refractivity contribution in [1.82, 2.24) is 0 Å². The first-order valence-electron chi connectivity index (χ1n) is 14.3. The van der Waals surface area contributed by atoms with Crippen LogP contribution in [0.15, 0.2) is 72.8 Å². The molecule has 35 heavy (non-hydrogen) atoms. The summed E-state index contributed by atoms with van der Waals surface area (Å²) in [6.07, 6.45) is 20.8. The van der Waals surface area contributed by atoms with Gasteiger partial charge in [-0.2, -0.15) is 0 Å². The third-order valence-corrected chi connectivity index (χ3v) is 9.08. The van der Waals surface area contributed by atoms with Gasteiger partial charge in [-0.05, 0) is 114 Å². The molecule has 0 aromatic heterocycles. The Bertz CT molecular complexity index is 1150. The number of hydrogen-bond acceptors (Lipinski definition) is 0. The van der Waals surface area contributed by atoms with Crippen molar-refractivity contribution in [1.29, 1.82) is 0 Å². The van der Waals surface area contributed by atoms with Gasteiger partial charge in [0.1, 0.15) is 0 Å². The Labute approximate surface area is 212 Å². The Balaban J connectivity index is 1.21. The molecule has 2 fully saturated rings. The van der Waals surface area contributed by atoms with Crippen molar-refractivity contribution >= 4 is 6.08 Å². The Morgan fingerprint density at radius 2 is 1.37 bits per heavy atom. The largest absolute Gasteiger partial charge is 0.0795 e. The first-order valence-corrected chi connectivity index (χ1v) is 14.3. The van der Waals surface area contributed by atoms with E-state index in [4.69, 9.17) is 0 Å². The molecule has 0 amide bonds. The van der Waals surface area contributed by atoms with Crippen LogP contribution >= 0.6 is 0 Å². The maximum atomic E-state index is 2.61. The minimum Gasteiger partial charge on any atom is -0.0795 e. The predicted octanol–water partition coefficient (Wildman–Crippen LogP) is 9.56. The third kappa shape index (κ3) is 5.32. The topological polar surface area (TPSA) is 0 Å². The van der Waals surface area contributed by atoms with Gasteiger partial charge in [0.05, 0.1) is 0 Å². The summed E-state index contributed by atoms with van der Waals surface area (Å²) in [6.45, 7) is 0. The van der Waals surface area contributed by atoms with E-state index in [0.717, 1.165) is 24.2 Å². The summed E-state index contributed by atoms with van der Waals surface area (Å²) in [7, 11) is 0. The zero-order valence-electron chi connectivity index (χ0n) is 21.2. The lowest BCUT2D eigenvalue weighted by atomic mass is 9.76. The summed E-state index contributed by atoms with van der Waals surface area (Å²) in [5, 5.41) is 0. The lowest BCUT2D eigenvalue weighted by Gasteiger charge is -2.29. The fourth-order valence-electron chi connectivity index (χ4n) is 7.13. The second kappa shape index (κ2) is 10.6. The molecule has 3 aromatic carbocycles. The minimum atomic E-state index is 0.761. The number of hydrogen-bond donors (Lipinski definition) is 0. The van der Waals surface area contributed by atoms with Gasteiger partial charge < -0.3 is 0 Å². The van der Waals surface area contributed by atoms with Crippen molar-refractivity contribution in [2.45, 2.75) is 83.0 Å². The first kappa shape index (κ1) is 22.8. The summed E-state index contributed by atoms with van der Waals surface area (Å²) < 4.78 is 0. The molecule has 0 atom stereocenters. The van der Waals surface area contributed by atoms with E-state index in [1.54, 1.807) is 11.1 Å². The molecule has 0 saturated heterocycles. The first-order chi connectivity index (χ1) is 17.3. The maximum Gasteiger partial charge on any atom is -0.00879 e. The molecule has 0 N–H and O–H groups in total. The molecule has 0 nitrogen and oxygen atoms in total. The van der Waals surface area contributed by atoms with Crippen LogP contribution in [0.25, 0.3) is 17.2 Å². The van der Waals surface area contributed by atoms with Gasteiger partial charge in [0.2, 0.25) is 0 Å². The molecule has 0 bridgehead atoms. The van der Waals surface area contributed by atoms with Crippen molar-refractivity contribution in [2.75, 3.05) is 0 Å². The molecule has 3 aliphatic rings. The van der Waals surface area contributed by atoms with Gasteiger partial charge >= 0.3 is 0 Å². The molecular weight excluding hydrogens is 420 g/mol. The lowest BCUT2D eigenvalue weighted by molar-refractivity contribution is 0.272. The van der Waals surface area contributed by atoms with Crippen molar-refractivity contribution in [2.24, 2.45) is 11.8 Å². The van der Waals surface area contributed by atoms with E-state index in [-0.39, 0.29) is 0 Å². The van der Waals surface area contributed by atoms with E-state index in [9.17, 15) is 0 Å². The average molecular weight is 461 g/mol. The fraction of sp³-hybridized carbons (Fsp3) is 0.429. The van der Waals surface area contributed by atoms with Crippen LogP contribution in [0.4, 0.5) is 0 Å². The molecule has 0 unspecified atom stereocenters. The van der Waals surface area contributed by atoms with Gasteiger partial charge in [0, 0.05) is 0 Å². The smallest absolute Gasteiger partial charge is 0.00879 e. The zero-order chi connectivity index (χ0) is 23.5. The third-order valence-electron chi connectivity index (χ3n) is 9.08. The molecule has 180 valence electrons. The van der Waals surface area contributed by atoms with E-state index in [1.165, 1.54) is 98.4 Å². The summed E-state index contributed by atoms with van der Waals surface area (Å²) in [5.74, 6) is 2.48. The van der Waals surface area contributed by atoms with Crippen LogP contribution in [-0.4, -0.2) is 0 Å². The van der Waals surface area contributed by atoms with Crippen molar-refractivity contribution < 1.29 is 0 Å². The van der Waals surface area contributed by atoms with Gasteiger partial charge in [-0.15, -0.1) is 0 Å². The van der Waals surface area contributed by atoms with E-state index in [1.807, 2.05) is 0 Å². The lowest BCUT2D eigenvalue weighted by Crippen LogP contribution is -2.18. The Morgan fingerprint density at radius 1 is 0.629 bits per heavy atom. The molecule has 0 spiro atoms. The number of benzene rings is 3. The molecule has 2 saturated carbocycles. The van der Waals surface area contributed by atoms with Gasteiger partial charge in [0.15, 0.2) is 0 Å². The molecule has 3 aliphatic carbocycles. The highest BCUT2D eigenvalue weighted by Crippen LogP contribution is 2.39.